The van der Waals surface area contributed by atoms with E-state index in [0.29, 0.717) is 11.1 Å². The van der Waals surface area contributed by atoms with E-state index in [4.69, 9.17) is 11.6 Å². The number of anilines is 1. The number of rotatable bonds is 2. The molecule has 0 aromatic carbocycles. The summed E-state index contributed by atoms with van der Waals surface area (Å²) >= 11 is 6.01. The lowest BCUT2D eigenvalue weighted by Crippen LogP contribution is -2.30. The molecule has 1 aromatic heterocycles. The van der Waals surface area contributed by atoms with Gasteiger partial charge in [0, 0.05) is 19.1 Å². The molecule has 1 unspecified atom stereocenters. The molecule has 0 aliphatic carbocycles. The van der Waals surface area contributed by atoms with Crippen LogP contribution < -0.4 is 10.2 Å². The Morgan fingerprint density at radius 3 is 3.14 bits per heavy atom. The van der Waals surface area contributed by atoms with Crippen LogP contribution in [0.1, 0.15) is 6.42 Å². The summed E-state index contributed by atoms with van der Waals surface area (Å²) in [5, 5.41) is 3.88. The van der Waals surface area contributed by atoms with E-state index in [2.05, 4.69) is 20.2 Å². The molecule has 1 N–H and O–H groups in total. The van der Waals surface area contributed by atoms with Crippen molar-refractivity contribution in [1.29, 1.82) is 0 Å². The fraction of sp³-hybridized carbons (Fsp3) is 0.556. The van der Waals surface area contributed by atoms with Gasteiger partial charge in [-0.1, -0.05) is 11.6 Å². The van der Waals surface area contributed by atoms with Crippen LogP contribution >= 0.6 is 11.6 Å². The number of nitrogens with zero attached hydrogens (tertiary/aromatic N) is 3. The van der Waals surface area contributed by atoms with Gasteiger partial charge in [-0.15, -0.1) is 0 Å². The molecule has 5 heteroatoms. The molecule has 1 aliphatic rings. The number of hydrogen-bond acceptors (Lipinski definition) is 4. The number of aromatic nitrogens is 2. The third kappa shape index (κ3) is 1.81. The lowest BCUT2D eigenvalue weighted by molar-refractivity contribution is 0.616. The maximum Gasteiger partial charge on any atom is 0.150 e. The van der Waals surface area contributed by atoms with Gasteiger partial charge in [-0.05, 0) is 13.5 Å². The van der Waals surface area contributed by atoms with Gasteiger partial charge in [0.15, 0.2) is 5.82 Å². The summed E-state index contributed by atoms with van der Waals surface area (Å²) in [6.45, 7) is 1.97. The predicted molar refractivity (Wildman–Crippen MR) is 56.7 cm³/mol. The quantitative estimate of drug-likeness (QED) is 0.792. The van der Waals surface area contributed by atoms with Crippen LogP contribution in [0.2, 0.25) is 5.02 Å². The van der Waals surface area contributed by atoms with Crippen molar-refractivity contribution in [3.05, 3.63) is 17.5 Å². The lowest BCUT2D eigenvalue weighted by Gasteiger charge is -2.17. The van der Waals surface area contributed by atoms with Gasteiger partial charge in [0.25, 0.3) is 0 Å². The van der Waals surface area contributed by atoms with Crippen LogP contribution in [0.25, 0.3) is 0 Å². The second kappa shape index (κ2) is 4.11. The summed E-state index contributed by atoms with van der Waals surface area (Å²) in [4.78, 5) is 10.2. The zero-order chi connectivity index (χ0) is 9.97. The van der Waals surface area contributed by atoms with E-state index in [1.54, 1.807) is 6.20 Å². The average Bonchev–Trinajstić information content (AvgIpc) is 2.67. The number of hydrogen-bond donors (Lipinski definition) is 1. The Bertz CT molecular complexity index is 317. The van der Waals surface area contributed by atoms with Gasteiger partial charge in [-0.2, -0.15) is 0 Å². The molecule has 1 atom stereocenters. The normalized spacial score (nSPS) is 21.6. The Labute approximate surface area is 88.3 Å². The minimum Gasteiger partial charge on any atom is -0.354 e. The van der Waals surface area contributed by atoms with Crippen molar-refractivity contribution < 1.29 is 0 Å². The first-order chi connectivity index (χ1) is 6.81. The SMILES string of the molecule is CNC1CCN(c2ncncc2Cl)C1. The maximum absolute atomic E-state index is 6.01. The second-order valence-electron chi connectivity index (χ2n) is 3.41. The highest BCUT2D eigenvalue weighted by molar-refractivity contribution is 6.32. The highest BCUT2D eigenvalue weighted by Crippen LogP contribution is 2.24. The lowest BCUT2D eigenvalue weighted by atomic mass is 10.3. The topological polar surface area (TPSA) is 41.0 Å². The van der Waals surface area contributed by atoms with E-state index in [0.717, 1.165) is 25.3 Å². The zero-order valence-corrected chi connectivity index (χ0v) is 8.83. The fourth-order valence-corrected chi connectivity index (χ4v) is 1.95. The summed E-state index contributed by atoms with van der Waals surface area (Å²) in [5.41, 5.74) is 0. The third-order valence-corrected chi connectivity index (χ3v) is 2.81. The number of likely N-dealkylation sites (N-methyl/N-ethyl adjacent to an activating group) is 1. The van der Waals surface area contributed by atoms with Crippen molar-refractivity contribution in [2.75, 3.05) is 25.0 Å². The summed E-state index contributed by atoms with van der Waals surface area (Å²) < 4.78 is 0. The van der Waals surface area contributed by atoms with E-state index in [-0.39, 0.29) is 0 Å². The molecule has 0 spiro atoms. The highest BCUT2D eigenvalue weighted by atomic mass is 35.5. The fourth-order valence-electron chi connectivity index (χ4n) is 1.73. The molecule has 2 rings (SSSR count). The van der Waals surface area contributed by atoms with Gasteiger partial charge in [0.05, 0.1) is 6.20 Å². The van der Waals surface area contributed by atoms with Gasteiger partial charge in [-0.3, -0.25) is 0 Å². The number of halogens is 1. The minimum atomic E-state index is 0.543. The second-order valence-corrected chi connectivity index (χ2v) is 3.82. The van der Waals surface area contributed by atoms with Crippen LogP contribution in [0.3, 0.4) is 0 Å². The Balaban J connectivity index is 2.13. The highest BCUT2D eigenvalue weighted by Gasteiger charge is 2.23. The molecule has 1 aliphatic heterocycles. The first-order valence-corrected chi connectivity index (χ1v) is 5.07. The molecule has 14 heavy (non-hydrogen) atoms. The standard InChI is InChI=1S/C9H13ClN4/c1-11-7-2-3-14(5-7)9-8(10)4-12-6-13-9/h4,6-7,11H,2-3,5H2,1H3. The summed E-state index contributed by atoms with van der Waals surface area (Å²) in [6.07, 6.45) is 4.31. The molecule has 0 bridgehead atoms. The smallest absolute Gasteiger partial charge is 0.150 e. The van der Waals surface area contributed by atoms with Gasteiger partial charge in [0.2, 0.25) is 0 Å². The molecule has 0 saturated carbocycles. The van der Waals surface area contributed by atoms with Crippen molar-refractivity contribution in [1.82, 2.24) is 15.3 Å². The minimum absolute atomic E-state index is 0.543. The van der Waals surface area contributed by atoms with Crippen LogP contribution in [-0.2, 0) is 0 Å². The average molecular weight is 213 g/mol. The molecule has 4 nitrogen and oxygen atoms in total. The molecule has 76 valence electrons. The van der Waals surface area contributed by atoms with E-state index in [1.165, 1.54) is 6.33 Å². The summed E-state index contributed by atoms with van der Waals surface area (Å²) in [6, 6.07) is 0.543. The van der Waals surface area contributed by atoms with Gasteiger partial charge in [-0.25, -0.2) is 9.97 Å². The van der Waals surface area contributed by atoms with Crippen LogP contribution in [0.4, 0.5) is 5.82 Å². The molecular formula is C9H13ClN4. The zero-order valence-electron chi connectivity index (χ0n) is 8.07. The third-order valence-electron chi connectivity index (χ3n) is 2.54. The van der Waals surface area contributed by atoms with E-state index in [1.807, 2.05) is 7.05 Å². The van der Waals surface area contributed by atoms with Crippen molar-refractivity contribution in [3.8, 4) is 0 Å². The largest absolute Gasteiger partial charge is 0.354 e. The molecular weight excluding hydrogens is 200 g/mol. The van der Waals surface area contributed by atoms with E-state index in [9.17, 15) is 0 Å². The molecule has 1 saturated heterocycles. The van der Waals surface area contributed by atoms with Crippen molar-refractivity contribution in [2.24, 2.45) is 0 Å². The maximum atomic E-state index is 6.01. The van der Waals surface area contributed by atoms with Crippen LogP contribution in [0, 0.1) is 0 Å². The molecule has 1 aromatic rings. The van der Waals surface area contributed by atoms with Crippen LogP contribution in [-0.4, -0.2) is 36.1 Å². The van der Waals surface area contributed by atoms with Gasteiger partial charge < -0.3 is 10.2 Å². The Morgan fingerprint density at radius 2 is 2.50 bits per heavy atom. The molecule has 0 radical (unpaired) electrons. The molecule has 1 fully saturated rings. The monoisotopic (exact) mass is 212 g/mol. The summed E-state index contributed by atoms with van der Waals surface area (Å²) in [5.74, 6) is 0.847. The Kier molecular flexibility index (Phi) is 2.84. The first-order valence-electron chi connectivity index (χ1n) is 4.69. The van der Waals surface area contributed by atoms with Crippen LogP contribution in [0.5, 0.6) is 0 Å². The van der Waals surface area contributed by atoms with Gasteiger partial charge >= 0.3 is 0 Å². The van der Waals surface area contributed by atoms with Gasteiger partial charge in [0.1, 0.15) is 11.3 Å². The summed E-state index contributed by atoms with van der Waals surface area (Å²) in [7, 11) is 1.98. The predicted octanol–water partition coefficient (Wildman–Crippen LogP) is 0.928. The Morgan fingerprint density at radius 1 is 1.64 bits per heavy atom. The van der Waals surface area contributed by atoms with E-state index < -0.39 is 0 Å². The number of nitrogens with one attached hydrogen (secondary N) is 1. The van der Waals surface area contributed by atoms with E-state index >= 15 is 0 Å². The van der Waals surface area contributed by atoms with Crippen molar-refractivity contribution >= 4 is 17.4 Å². The van der Waals surface area contributed by atoms with Crippen molar-refractivity contribution in [3.63, 3.8) is 0 Å². The molecule has 2 heterocycles. The first kappa shape index (κ1) is 9.68. The van der Waals surface area contributed by atoms with Crippen molar-refractivity contribution in [2.45, 2.75) is 12.5 Å². The molecule has 0 amide bonds. The van der Waals surface area contributed by atoms with Crippen LogP contribution in [0.15, 0.2) is 12.5 Å². The Hall–Kier alpha value is -0.870.